The van der Waals surface area contributed by atoms with Gasteiger partial charge in [0, 0.05) is 26.8 Å². The van der Waals surface area contributed by atoms with Gasteiger partial charge in [0.15, 0.2) is 5.96 Å². The quantitative estimate of drug-likeness (QED) is 0.367. The molecule has 0 amide bonds. The van der Waals surface area contributed by atoms with Gasteiger partial charge in [-0.3, -0.25) is 9.67 Å². The van der Waals surface area contributed by atoms with Gasteiger partial charge in [-0.1, -0.05) is 12.1 Å². The molecule has 26 heavy (non-hydrogen) atoms. The van der Waals surface area contributed by atoms with Crippen LogP contribution >= 0.6 is 24.0 Å². The number of guanidine groups is 1. The predicted molar refractivity (Wildman–Crippen MR) is 116 cm³/mol. The number of hydrogen-bond acceptors (Lipinski definition) is 4. The fourth-order valence-electron chi connectivity index (χ4n) is 2.61. The van der Waals surface area contributed by atoms with Crippen LogP contribution in [-0.4, -0.2) is 55.4 Å². The van der Waals surface area contributed by atoms with Crippen molar-refractivity contribution in [1.29, 1.82) is 0 Å². The number of aryl methyl sites for hydroxylation is 1. The average molecular weight is 472 g/mol. The van der Waals surface area contributed by atoms with E-state index < -0.39 is 0 Å². The van der Waals surface area contributed by atoms with E-state index in [1.54, 1.807) is 20.4 Å². The van der Waals surface area contributed by atoms with Gasteiger partial charge in [0.25, 0.3) is 0 Å². The first-order valence-electron chi connectivity index (χ1n) is 8.27. The highest BCUT2D eigenvalue weighted by Crippen LogP contribution is 2.22. The van der Waals surface area contributed by atoms with Gasteiger partial charge < -0.3 is 20.3 Å². The van der Waals surface area contributed by atoms with Crippen LogP contribution in [0.15, 0.2) is 41.5 Å². The summed E-state index contributed by atoms with van der Waals surface area (Å²) in [6, 6.07) is 10.3. The third kappa shape index (κ3) is 6.17. The van der Waals surface area contributed by atoms with Crippen molar-refractivity contribution in [2.75, 3.05) is 34.8 Å². The minimum atomic E-state index is 0. The van der Waals surface area contributed by atoms with Crippen LogP contribution in [0, 0.1) is 0 Å². The molecule has 0 aliphatic heterocycles. The van der Waals surface area contributed by atoms with Gasteiger partial charge in [0.1, 0.15) is 5.75 Å². The molecule has 2 aromatic rings. The number of aliphatic imine (C=N–C) groups is 1. The van der Waals surface area contributed by atoms with Crippen molar-refractivity contribution in [2.24, 2.45) is 12.0 Å². The van der Waals surface area contributed by atoms with Crippen molar-refractivity contribution in [3.8, 4) is 5.75 Å². The zero-order valence-corrected chi connectivity index (χ0v) is 18.4. The molecule has 0 bridgehead atoms. The maximum atomic E-state index is 5.34. The van der Waals surface area contributed by atoms with Crippen LogP contribution in [0.3, 0.4) is 0 Å². The summed E-state index contributed by atoms with van der Waals surface area (Å²) in [4.78, 5) is 6.47. The number of nitrogens with one attached hydrogen (secondary N) is 2. The highest BCUT2D eigenvalue weighted by Gasteiger charge is 2.15. The van der Waals surface area contributed by atoms with Gasteiger partial charge in [-0.25, -0.2) is 0 Å². The van der Waals surface area contributed by atoms with Crippen LogP contribution < -0.4 is 15.4 Å². The summed E-state index contributed by atoms with van der Waals surface area (Å²) < 4.78 is 7.19. The van der Waals surface area contributed by atoms with E-state index in [-0.39, 0.29) is 30.0 Å². The maximum Gasteiger partial charge on any atom is 0.191 e. The smallest absolute Gasteiger partial charge is 0.191 e. The zero-order valence-electron chi connectivity index (χ0n) is 16.1. The topological polar surface area (TPSA) is 66.7 Å². The van der Waals surface area contributed by atoms with Gasteiger partial charge in [-0.2, -0.15) is 5.10 Å². The second kappa shape index (κ2) is 11.0. The number of aromatic nitrogens is 2. The Balaban J connectivity index is 0.00000338. The fraction of sp³-hybridized carbons (Fsp3) is 0.444. The van der Waals surface area contributed by atoms with E-state index in [1.165, 1.54) is 5.56 Å². The fourth-order valence-corrected chi connectivity index (χ4v) is 2.61. The largest absolute Gasteiger partial charge is 0.497 e. The van der Waals surface area contributed by atoms with Gasteiger partial charge in [0.2, 0.25) is 0 Å². The molecule has 0 spiro atoms. The Labute approximate surface area is 172 Å². The number of likely N-dealkylation sites (N-methyl/N-ethyl adjacent to an activating group) is 1. The summed E-state index contributed by atoms with van der Waals surface area (Å²) >= 11 is 0. The van der Waals surface area contributed by atoms with Crippen molar-refractivity contribution in [2.45, 2.75) is 12.6 Å². The van der Waals surface area contributed by atoms with Crippen LogP contribution in [-0.2, 0) is 13.6 Å². The molecule has 0 saturated heterocycles. The Hall–Kier alpha value is -1.81. The van der Waals surface area contributed by atoms with Gasteiger partial charge in [0.05, 0.1) is 25.4 Å². The van der Waals surface area contributed by atoms with Crippen LogP contribution in [0.1, 0.15) is 17.3 Å². The lowest BCUT2D eigenvalue weighted by Gasteiger charge is -2.26. The standard InChI is InChI=1S/C18H28N6O.HI/c1-19-18(20-12-15-9-10-22-24(15)4)21-13-17(23(2)3)14-7-6-8-16(11-14)25-5;/h6-11,17H,12-13H2,1-5H3,(H2,19,20,21);1H. The first-order valence-corrected chi connectivity index (χ1v) is 8.27. The van der Waals surface area contributed by atoms with E-state index in [4.69, 9.17) is 4.74 Å². The normalized spacial score (nSPS) is 12.5. The van der Waals surface area contributed by atoms with Crippen LogP contribution in [0.2, 0.25) is 0 Å². The first kappa shape index (κ1) is 22.2. The van der Waals surface area contributed by atoms with E-state index in [9.17, 15) is 0 Å². The Morgan fingerprint density at radius 2 is 2.08 bits per heavy atom. The lowest BCUT2D eigenvalue weighted by molar-refractivity contribution is 0.297. The third-order valence-corrected chi connectivity index (χ3v) is 4.15. The second-order valence-electron chi connectivity index (χ2n) is 6.01. The van der Waals surface area contributed by atoms with Gasteiger partial charge in [-0.15, -0.1) is 24.0 Å². The van der Waals surface area contributed by atoms with Gasteiger partial charge in [-0.05, 0) is 37.9 Å². The summed E-state index contributed by atoms with van der Waals surface area (Å²) in [6.07, 6.45) is 1.79. The minimum Gasteiger partial charge on any atom is -0.497 e. The average Bonchev–Trinajstić information content (AvgIpc) is 3.02. The van der Waals surface area contributed by atoms with E-state index in [0.717, 1.165) is 23.9 Å². The Morgan fingerprint density at radius 3 is 2.65 bits per heavy atom. The predicted octanol–water partition coefficient (Wildman–Crippen LogP) is 2.01. The lowest BCUT2D eigenvalue weighted by Crippen LogP contribution is -2.41. The number of benzene rings is 1. The highest BCUT2D eigenvalue weighted by molar-refractivity contribution is 14.0. The number of halogens is 1. The maximum absolute atomic E-state index is 5.34. The van der Waals surface area contributed by atoms with E-state index in [1.807, 2.05) is 29.9 Å². The monoisotopic (exact) mass is 472 g/mol. The molecule has 1 aromatic carbocycles. The zero-order chi connectivity index (χ0) is 18.2. The molecule has 1 atom stereocenters. The molecule has 0 aliphatic carbocycles. The van der Waals surface area contributed by atoms with Crippen LogP contribution in [0.5, 0.6) is 5.75 Å². The molecule has 8 heteroatoms. The minimum absolute atomic E-state index is 0. The number of nitrogens with zero attached hydrogens (tertiary/aromatic N) is 4. The third-order valence-electron chi connectivity index (χ3n) is 4.15. The molecule has 144 valence electrons. The number of ether oxygens (including phenoxy) is 1. The van der Waals surface area contributed by atoms with Crippen LogP contribution in [0.25, 0.3) is 0 Å². The summed E-state index contributed by atoms with van der Waals surface area (Å²) in [5.41, 5.74) is 2.29. The van der Waals surface area contributed by atoms with Gasteiger partial charge >= 0.3 is 0 Å². The molecule has 2 N–H and O–H groups in total. The van der Waals surface area contributed by atoms with Crippen LogP contribution in [0.4, 0.5) is 0 Å². The van der Waals surface area contributed by atoms with E-state index in [2.05, 4.69) is 51.9 Å². The van der Waals surface area contributed by atoms with Crippen molar-refractivity contribution in [3.05, 3.63) is 47.8 Å². The number of rotatable bonds is 7. The molecule has 0 aliphatic rings. The lowest BCUT2D eigenvalue weighted by atomic mass is 10.1. The molecular formula is C18H29IN6O. The van der Waals surface area contributed by atoms with E-state index >= 15 is 0 Å². The van der Waals surface area contributed by atoms with E-state index in [0.29, 0.717) is 6.54 Å². The molecule has 7 nitrogen and oxygen atoms in total. The summed E-state index contributed by atoms with van der Waals surface area (Å²) in [7, 11) is 9.52. The summed E-state index contributed by atoms with van der Waals surface area (Å²) in [5, 5.41) is 10.9. The SMILES string of the molecule is CN=C(NCc1ccnn1C)NCC(c1cccc(OC)c1)N(C)C.I. The molecule has 0 saturated carbocycles. The first-order chi connectivity index (χ1) is 12.0. The van der Waals surface area contributed by atoms with Crippen molar-refractivity contribution in [1.82, 2.24) is 25.3 Å². The molecule has 1 aromatic heterocycles. The molecule has 1 heterocycles. The van der Waals surface area contributed by atoms with Crippen molar-refractivity contribution in [3.63, 3.8) is 0 Å². The highest BCUT2D eigenvalue weighted by atomic mass is 127. The molecule has 2 rings (SSSR count). The molecule has 0 radical (unpaired) electrons. The number of hydrogen-bond donors (Lipinski definition) is 2. The second-order valence-corrected chi connectivity index (χ2v) is 6.01. The molecule has 1 unspecified atom stereocenters. The van der Waals surface area contributed by atoms with Crippen molar-refractivity contribution >= 4 is 29.9 Å². The van der Waals surface area contributed by atoms with Crippen molar-refractivity contribution < 1.29 is 4.74 Å². The summed E-state index contributed by atoms with van der Waals surface area (Å²) in [5.74, 6) is 1.62. The Morgan fingerprint density at radius 1 is 1.31 bits per heavy atom. The Bertz CT molecular complexity index is 700. The summed E-state index contributed by atoms with van der Waals surface area (Å²) in [6.45, 7) is 1.40. The molecule has 0 fully saturated rings. The Kier molecular flexibility index (Phi) is 9.42. The number of methoxy groups -OCH3 is 1. The molecular weight excluding hydrogens is 443 g/mol.